The van der Waals surface area contributed by atoms with Gasteiger partial charge in [0.1, 0.15) is 6.10 Å². The number of aryl methyl sites for hydroxylation is 1. The molecule has 0 aromatic carbocycles. The maximum Gasteiger partial charge on any atom is 0.251 e. The lowest BCUT2D eigenvalue weighted by Crippen LogP contribution is -2.52. The van der Waals surface area contributed by atoms with Crippen LogP contribution in [0.25, 0.3) is 0 Å². The summed E-state index contributed by atoms with van der Waals surface area (Å²) in [5, 5.41) is 5.36. The average molecular weight is 338 g/mol. The molecular weight excluding hydrogens is 316 g/mol. The number of hydrogen-bond donors (Lipinski definition) is 1. The SMILES string of the molecule is Cc1csc(NC(=O)CN2CCN(C(=O)C3CCCO3)CC2)n1. The van der Waals surface area contributed by atoms with Crippen LogP contribution in [0, 0.1) is 6.92 Å². The number of carbonyl (C=O) groups excluding carboxylic acids is 2. The minimum atomic E-state index is -0.252. The van der Waals surface area contributed by atoms with E-state index in [2.05, 4.69) is 15.2 Å². The molecule has 3 rings (SSSR count). The molecule has 0 saturated carbocycles. The summed E-state index contributed by atoms with van der Waals surface area (Å²) >= 11 is 1.43. The van der Waals surface area contributed by atoms with Crippen LogP contribution in [-0.4, -0.2) is 72.0 Å². The number of piperazine rings is 1. The van der Waals surface area contributed by atoms with Crippen LogP contribution in [0.1, 0.15) is 18.5 Å². The molecule has 1 N–H and O–H groups in total. The smallest absolute Gasteiger partial charge is 0.251 e. The fraction of sp³-hybridized carbons (Fsp3) is 0.667. The predicted molar refractivity (Wildman–Crippen MR) is 87.5 cm³/mol. The van der Waals surface area contributed by atoms with Crippen molar-refractivity contribution < 1.29 is 14.3 Å². The number of hydrogen-bond acceptors (Lipinski definition) is 6. The monoisotopic (exact) mass is 338 g/mol. The first-order chi connectivity index (χ1) is 11.1. The van der Waals surface area contributed by atoms with Gasteiger partial charge in [-0.05, 0) is 19.8 Å². The zero-order chi connectivity index (χ0) is 16.2. The molecule has 1 aromatic rings. The first kappa shape index (κ1) is 16.4. The molecule has 2 amide bonds. The minimum absolute atomic E-state index is 0.0572. The highest BCUT2D eigenvalue weighted by molar-refractivity contribution is 7.13. The molecule has 2 aliphatic heterocycles. The van der Waals surface area contributed by atoms with E-state index >= 15 is 0 Å². The minimum Gasteiger partial charge on any atom is -0.368 e. The zero-order valence-electron chi connectivity index (χ0n) is 13.3. The van der Waals surface area contributed by atoms with E-state index in [1.807, 2.05) is 17.2 Å². The first-order valence-electron chi connectivity index (χ1n) is 7.96. The standard InChI is InChI=1S/C15H22N4O3S/c1-11-10-23-15(16-11)17-13(20)9-18-4-6-19(7-5-18)14(21)12-3-2-8-22-12/h10,12H,2-9H2,1H3,(H,16,17,20). The Bertz CT molecular complexity index is 563. The first-order valence-corrected chi connectivity index (χ1v) is 8.84. The molecule has 0 radical (unpaired) electrons. The molecule has 2 fully saturated rings. The van der Waals surface area contributed by atoms with Crippen molar-refractivity contribution in [2.24, 2.45) is 0 Å². The summed E-state index contributed by atoms with van der Waals surface area (Å²) in [6, 6.07) is 0. The van der Waals surface area contributed by atoms with Crippen molar-refractivity contribution in [1.82, 2.24) is 14.8 Å². The lowest BCUT2D eigenvalue weighted by atomic mass is 10.2. The molecule has 23 heavy (non-hydrogen) atoms. The fourth-order valence-electron chi connectivity index (χ4n) is 2.88. The Hall–Kier alpha value is -1.51. The van der Waals surface area contributed by atoms with Gasteiger partial charge in [-0.2, -0.15) is 0 Å². The second kappa shape index (κ2) is 7.37. The Balaban J connectivity index is 1.41. The molecule has 8 heteroatoms. The number of nitrogens with one attached hydrogen (secondary N) is 1. The maximum atomic E-state index is 12.3. The lowest BCUT2D eigenvalue weighted by molar-refractivity contribution is -0.142. The van der Waals surface area contributed by atoms with Gasteiger partial charge in [-0.25, -0.2) is 4.98 Å². The van der Waals surface area contributed by atoms with Gasteiger partial charge in [0.2, 0.25) is 5.91 Å². The van der Waals surface area contributed by atoms with Crippen LogP contribution < -0.4 is 5.32 Å². The van der Waals surface area contributed by atoms with Crippen molar-refractivity contribution in [3.05, 3.63) is 11.1 Å². The van der Waals surface area contributed by atoms with Gasteiger partial charge in [0.15, 0.2) is 5.13 Å². The van der Waals surface area contributed by atoms with E-state index in [0.717, 1.165) is 18.5 Å². The second-order valence-electron chi connectivity index (χ2n) is 5.95. The topological polar surface area (TPSA) is 74.8 Å². The van der Waals surface area contributed by atoms with Gasteiger partial charge < -0.3 is 15.0 Å². The Morgan fingerprint density at radius 3 is 2.78 bits per heavy atom. The maximum absolute atomic E-state index is 12.3. The largest absolute Gasteiger partial charge is 0.368 e. The molecule has 1 unspecified atom stereocenters. The van der Waals surface area contributed by atoms with E-state index in [1.54, 1.807) is 0 Å². The molecule has 0 aliphatic carbocycles. The molecule has 126 valence electrons. The van der Waals surface area contributed by atoms with Crippen LogP contribution >= 0.6 is 11.3 Å². The number of aromatic nitrogens is 1. The van der Waals surface area contributed by atoms with Crippen LogP contribution in [0.2, 0.25) is 0 Å². The highest BCUT2D eigenvalue weighted by atomic mass is 32.1. The summed E-state index contributed by atoms with van der Waals surface area (Å²) in [5.74, 6) is 0.0446. The van der Waals surface area contributed by atoms with Crippen molar-refractivity contribution in [3.8, 4) is 0 Å². The number of nitrogens with zero attached hydrogens (tertiary/aromatic N) is 3. The summed E-state index contributed by atoms with van der Waals surface area (Å²) in [5.41, 5.74) is 0.909. The van der Waals surface area contributed by atoms with Crippen molar-refractivity contribution in [2.45, 2.75) is 25.9 Å². The number of anilines is 1. The number of ether oxygens (including phenoxy) is 1. The lowest BCUT2D eigenvalue weighted by Gasteiger charge is -2.35. The summed E-state index contributed by atoms with van der Waals surface area (Å²) < 4.78 is 5.45. The number of rotatable bonds is 4. The van der Waals surface area contributed by atoms with Crippen molar-refractivity contribution in [2.75, 3.05) is 44.6 Å². The number of amides is 2. The van der Waals surface area contributed by atoms with E-state index in [1.165, 1.54) is 11.3 Å². The van der Waals surface area contributed by atoms with Crippen LogP contribution in [0.15, 0.2) is 5.38 Å². The van der Waals surface area contributed by atoms with Gasteiger partial charge in [-0.15, -0.1) is 11.3 Å². The van der Waals surface area contributed by atoms with Gasteiger partial charge in [-0.3, -0.25) is 14.5 Å². The van der Waals surface area contributed by atoms with Gasteiger partial charge in [0.25, 0.3) is 5.91 Å². The average Bonchev–Trinajstić information content (AvgIpc) is 3.19. The highest BCUT2D eigenvalue weighted by Gasteiger charge is 2.30. The molecule has 2 aliphatic rings. The Morgan fingerprint density at radius 2 is 2.17 bits per heavy atom. The Morgan fingerprint density at radius 1 is 1.39 bits per heavy atom. The van der Waals surface area contributed by atoms with Crippen molar-refractivity contribution in [3.63, 3.8) is 0 Å². The van der Waals surface area contributed by atoms with E-state index in [0.29, 0.717) is 44.5 Å². The van der Waals surface area contributed by atoms with Gasteiger partial charge in [0, 0.05) is 38.2 Å². The van der Waals surface area contributed by atoms with E-state index in [9.17, 15) is 9.59 Å². The van der Waals surface area contributed by atoms with Gasteiger partial charge >= 0.3 is 0 Å². The molecule has 1 atom stereocenters. The zero-order valence-corrected chi connectivity index (χ0v) is 14.1. The van der Waals surface area contributed by atoms with Crippen LogP contribution in [-0.2, 0) is 14.3 Å². The Kier molecular flexibility index (Phi) is 5.24. The molecule has 0 spiro atoms. The summed E-state index contributed by atoms with van der Waals surface area (Å²) in [4.78, 5) is 32.4. The highest BCUT2D eigenvalue weighted by Crippen LogP contribution is 2.16. The molecule has 3 heterocycles. The van der Waals surface area contributed by atoms with Crippen LogP contribution in [0.4, 0.5) is 5.13 Å². The molecule has 2 saturated heterocycles. The Labute approximate surface area is 139 Å². The third-order valence-corrected chi connectivity index (χ3v) is 5.00. The van der Waals surface area contributed by atoms with Crippen molar-refractivity contribution >= 4 is 28.3 Å². The van der Waals surface area contributed by atoms with E-state index < -0.39 is 0 Å². The van der Waals surface area contributed by atoms with Gasteiger partial charge in [0.05, 0.1) is 12.2 Å². The number of carbonyl (C=O) groups is 2. The van der Waals surface area contributed by atoms with Crippen LogP contribution in [0.5, 0.6) is 0 Å². The predicted octanol–water partition coefficient (Wildman–Crippen LogP) is 0.713. The van der Waals surface area contributed by atoms with Crippen LogP contribution in [0.3, 0.4) is 0 Å². The fourth-order valence-corrected chi connectivity index (χ4v) is 3.58. The second-order valence-corrected chi connectivity index (χ2v) is 6.80. The quantitative estimate of drug-likeness (QED) is 0.875. The third-order valence-electron chi connectivity index (χ3n) is 4.12. The molecule has 1 aromatic heterocycles. The van der Waals surface area contributed by atoms with E-state index in [-0.39, 0.29) is 17.9 Å². The van der Waals surface area contributed by atoms with E-state index in [4.69, 9.17) is 4.74 Å². The normalized spacial score (nSPS) is 22.3. The molecule has 7 nitrogen and oxygen atoms in total. The summed E-state index contributed by atoms with van der Waals surface area (Å²) in [6.07, 6.45) is 1.54. The summed E-state index contributed by atoms with van der Waals surface area (Å²) in [6.45, 7) is 5.65. The number of thiazole rings is 1. The van der Waals surface area contributed by atoms with Crippen molar-refractivity contribution in [1.29, 1.82) is 0 Å². The summed E-state index contributed by atoms with van der Waals surface area (Å²) in [7, 11) is 0. The molecule has 0 bridgehead atoms. The third kappa shape index (κ3) is 4.27. The molecular formula is C15H22N4O3S. The van der Waals surface area contributed by atoms with Gasteiger partial charge in [-0.1, -0.05) is 0 Å².